The smallest absolute Gasteiger partial charge is 0.257 e. The van der Waals surface area contributed by atoms with E-state index in [1.165, 1.54) is 28.4 Å². The molecular formula is C20H20FN3O3S. The first kappa shape index (κ1) is 18.6. The molecule has 1 aromatic heterocycles. The Morgan fingerprint density at radius 3 is 2.57 bits per heavy atom. The number of fused-ring (bicyclic) bond motifs is 3. The van der Waals surface area contributed by atoms with Gasteiger partial charge in [-0.3, -0.25) is 14.4 Å². The third-order valence-corrected chi connectivity index (χ3v) is 6.56. The van der Waals surface area contributed by atoms with Crippen molar-refractivity contribution in [3.8, 4) is 0 Å². The maximum absolute atomic E-state index is 13.1. The zero-order valence-corrected chi connectivity index (χ0v) is 16.5. The van der Waals surface area contributed by atoms with Crippen molar-refractivity contribution in [1.29, 1.82) is 0 Å². The molecule has 3 heterocycles. The first-order valence-electron chi connectivity index (χ1n) is 9.04. The quantitative estimate of drug-likeness (QED) is 0.774. The number of rotatable bonds is 2. The van der Waals surface area contributed by atoms with Crippen molar-refractivity contribution in [3.05, 3.63) is 51.7 Å². The number of anilines is 1. The van der Waals surface area contributed by atoms with Crippen molar-refractivity contribution in [2.24, 2.45) is 0 Å². The lowest BCUT2D eigenvalue weighted by molar-refractivity contribution is -0.131. The maximum Gasteiger partial charge on any atom is 0.257 e. The summed E-state index contributed by atoms with van der Waals surface area (Å²) in [5.41, 5.74) is 2.31. The van der Waals surface area contributed by atoms with E-state index in [0.717, 1.165) is 16.0 Å². The molecular weight excluding hydrogens is 381 g/mol. The van der Waals surface area contributed by atoms with Gasteiger partial charge >= 0.3 is 0 Å². The Labute approximate surface area is 166 Å². The van der Waals surface area contributed by atoms with E-state index in [2.05, 4.69) is 0 Å². The van der Waals surface area contributed by atoms with Crippen molar-refractivity contribution in [2.75, 3.05) is 32.1 Å². The highest BCUT2D eigenvalue weighted by Crippen LogP contribution is 2.40. The second kappa shape index (κ2) is 7.01. The summed E-state index contributed by atoms with van der Waals surface area (Å²) in [6.45, 7) is 1.00. The van der Waals surface area contributed by atoms with Crippen LogP contribution >= 0.6 is 11.3 Å². The number of carbonyl (C=O) groups is 3. The second-order valence-electron chi connectivity index (χ2n) is 7.17. The largest absolute Gasteiger partial charge is 0.337 e. The van der Waals surface area contributed by atoms with Gasteiger partial charge in [-0.2, -0.15) is 0 Å². The van der Waals surface area contributed by atoms with Crippen LogP contribution in [0.3, 0.4) is 0 Å². The number of thiophene rings is 1. The van der Waals surface area contributed by atoms with E-state index >= 15 is 0 Å². The molecule has 0 atom stereocenters. The molecule has 0 aliphatic carbocycles. The van der Waals surface area contributed by atoms with Crippen LogP contribution in [-0.4, -0.2) is 54.7 Å². The van der Waals surface area contributed by atoms with Crippen LogP contribution in [0, 0.1) is 5.82 Å². The van der Waals surface area contributed by atoms with Gasteiger partial charge in [0, 0.05) is 25.5 Å². The molecule has 28 heavy (non-hydrogen) atoms. The monoisotopic (exact) mass is 401 g/mol. The summed E-state index contributed by atoms with van der Waals surface area (Å²) in [5, 5.41) is 0.664. The summed E-state index contributed by atoms with van der Waals surface area (Å²) >= 11 is 1.41. The highest BCUT2D eigenvalue weighted by atomic mass is 32.1. The van der Waals surface area contributed by atoms with Gasteiger partial charge < -0.3 is 14.7 Å². The molecule has 0 fully saturated rings. The van der Waals surface area contributed by atoms with Crippen LogP contribution in [0.5, 0.6) is 0 Å². The average molecular weight is 401 g/mol. The fourth-order valence-corrected chi connectivity index (χ4v) is 4.96. The van der Waals surface area contributed by atoms with Crippen molar-refractivity contribution < 1.29 is 18.8 Å². The van der Waals surface area contributed by atoms with E-state index < -0.39 is 0 Å². The first-order valence-corrected chi connectivity index (χ1v) is 9.85. The topological polar surface area (TPSA) is 60.9 Å². The molecule has 1 aromatic carbocycles. The summed E-state index contributed by atoms with van der Waals surface area (Å²) in [6, 6.07) is 5.93. The minimum Gasteiger partial charge on any atom is -0.337 e. The van der Waals surface area contributed by atoms with Crippen molar-refractivity contribution in [1.82, 2.24) is 9.80 Å². The van der Waals surface area contributed by atoms with E-state index in [0.29, 0.717) is 30.1 Å². The Bertz CT molecular complexity index is 970. The van der Waals surface area contributed by atoms with Gasteiger partial charge in [-0.15, -0.1) is 11.3 Å². The lowest BCUT2D eigenvalue weighted by Gasteiger charge is -2.27. The molecule has 2 aliphatic rings. The summed E-state index contributed by atoms with van der Waals surface area (Å²) in [5.74, 6) is -0.630. The molecule has 0 N–H and O–H groups in total. The SMILES string of the molecule is CN1CC(=O)N(C)c2sc3c(c2C1=O)CCN(C(=O)Cc1ccc(F)cc1)C3. The Kier molecular flexibility index (Phi) is 4.66. The molecule has 0 unspecified atom stereocenters. The van der Waals surface area contributed by atoms with E-state index in [1.807, 2.05) is 0 Å². The Morgan fingerprint density at radius 2 is 1.86 bits per heavy atom. The first-order chi connectivity index (χ1) is 13.3. The van der Waals surface area contributed by atoms with Gasteiger partial charge in [0.25, 0.3) is 5.91 Å². The normalized spacial score (nSPS) is 16.8. The third kappa shape index (κ3) is 3.17. The number of nitrogens with zero attached hydrogens (tertiary/aromatic N) is 3. The van der Waals surface area contributed by atoms with Crippen LogP contribution < -0.4 is 4.90 Å². The van der Waals surface area contributed by atoms with Gasteiger partial charge in [-0.05, 0) is 29.7 Å². The van der Waals surface area contributed by atoms with Gasteiger partial charge in [0.2, 0.25) is 11.8 Å². The van der Waals surface area contributed by atoms with Crippen LogP contribution in [0.2, 0.25) is 0 Å². The number of hydrogen-bond acceptors (Lipinski definition) is 4. The molecule has 0 saturated heterocycles. The van der Waals surface area contributed by atoms with Crippen LogP contribution in [0.4, 0.5) is 9.39 Å². The summed E-state index contributed by atoms with van der Waals surface area (Å²) in [4.78, 5) is 43.5. The molecule has 8 heteroatoms. The highest BCUT2D eigenvalue weighted by molar-refractivity contribution is 7.17. The van der Waals surface area contributed by atoms with Gasteiger partial charge in [-0.25, -0.2) is 4.39 Å². The molecule has 0 radical (unpaired) electrons. The Hall–Kier alpha value is -2.74. The number of amides is 3. The molecule has 3 amide bonds. The van der Waals surface area contributed by atoms with Crippen LogP contribution in [-0.2, 0) is 29.0 Å². The van der Waals surface area contributed by atoms with Crippen LogP contribution in [0.25, 0.3) is 0 Å². The molecule has 146 valence electrons. The predicted molar refractivity (Wildman–Crippen MR) is 104 cm³/mol. The number of halogens is 1. The van der Waals surface area contributed by atoms with Crippen LogP contribution in [0.15, 0.2) is 24.3 Å². The summed E-state index contributed by atoms with van der Waals surface area (Å²) in [6.07, 6.45) is 0.790. The third-order valence-electron chi connectivity index (χ3n) is 5.27. The summed E-state index contributed by atoms with van der Waals surface area (Å²) < 4.78 is 13.1. The highest BCUT2D eigenvalue weighted by Gasteiger charge is 2.36. The number of hydrogen-bond donors (Lipinski definition) is 0. The van der Waals surface area contributed by atoms with E-state index in [4.69, 9.17) is 0 Å². The van der Waals surface area contributed by atoms with Gasteiger partial charge in [0.05, 0.1) is 18.5 Å². The predicted octanol–water partition coefficient (Wildman–Crippen LogP) is 2.06. The molecule has 0 saturated carbocycles. The van der Waals surface area contributed by atoms with Crippen molar-refractivity contribution >= 4 is 34.1 Å². The van der Waals surface area contributed by atoms with E-state index in [1.54, 1.807) is 36.0 Å². The minimum absolute atomic E-state index is 0.0336. The molecule has 2 aliphatic heterocycles. The second-order valence-corrected chi connectivity index (χ2v) is 8.25. The number of carbonyl (C=O) groups excluding carboxylic acids is 3. The standard InChI is InChI=1S/C20H20FN3O3S/c1-22-11-17(26)23(2)20-18(19(22)27)14-7-8-24(10-15(14)28-20)16(25)9-12-3-5-13(21)6-4-12/h3-6H,7-11H2,1-2H3. The average Bonchev–Trinajstić information content (AvgIpc) is 3.03. The van der Waals surface area contributed by atoms with Crippen LogP contribution in [0.1, 0.15) is 26.4 Å². The van der Waals surface area contributed by atoms with Gasteiger partial charge in [0.15, 0.2) is 0 Å². The lowest BCUT2D eigenvalue weighted by Crippen LogP contribution is -2.37. The van der Waals surface area contributed by atoms with E-state index in [9.17, 15) is 18.8 Å². The number of benzene rings is 1. The lowest BCUT2D eigenvalue weighted by atomic mass is 10.0. The van der Waals surface area contributed by atoms with Gasteiger partial charge in [-0.1, -0.05) is 12.1 Å². The molecule has 0 spiro atoms. The fraction of sp³-hybridized carbons (Fsp3) is 0.350. The van der Waals surface area contributed by atoms with Crippen molar-refractivity contribution in [3.63, 3.8) is 0 Å². The molecule has 0 bridgehead atoms. The van der Waals surface area contributed by atoms with Crippen molar-refractivity contribution in [2.45, 2.75) is 19.4 Å². The summed E-state index contributed by atoms with van der Waals surface area (Å²) in [7, 11) is 3.32. The zero-order valence-electron chi connectivity index (χ0n) is 15.7. The number of likely N-dealkylation sites (N-methyl/N-ethyl adjacent to an activating group) is 2. The molecule has 6 nitrogen and oxygen atoms in total. The van der Waals surface area contributed by atoms with Gasteiger partial charge in [0.1, 0.15) is 17.4 Å². The molecule has 2 aromatic rings. The maximum atomic E-state index is 13.1. The molecule has 4 rings (SSSR count). The minimum atomic E-state index is -0.327. The fourth-order valence-electron chi connectivity index (χ4n) is 3.63. The Balaban J connectivity index is 1.58. The van der Waals surface area contributed by atoms with E-state index in [-0.39, 0.29) is 36.5 Å². The zero-order chi connectivity index (χ0) is 20.0. The Morgan fingerprint density at radius 1 is 1.14 bits per heavy atom.